The number of hydrogen-bond acceptors (Lipinski definition) is 3. The van der Waals surface area contributed by atoms with Gasteiger partial charge in [0, 0.05) is 24.7 Å². The van der Waals surface area contributed by atoms with Crippen molar-refractivity contribution in [1.82, 2.24) is 15.1 Å². The number of carboxylic acid groups (broad SMARTS) is 1. The van der Waals surface area contributed by atoms with Crippen LogP contribution in [0.15, 0.2) is 30.3 Å². The number of rotatable bonds is 8. The summed E-state index contributed by atoms with van der Waals surface area (Å²) >= 11 is 0. The smallest absolute Gasteiger partial charge is 0.326 e. The Morgan fingerprint density at radius 2 is 1.88 bits per heavy atom. The van der Waals surface area contributed by atoms with Crippen molar-refractivity contribution in [3.05, 3.63) is 52.8 Å². The largest absolute Gasteiger partial charge is 0.480 e. The van der Waals surface area contributed by atoms with Gasteiger partial charge in [-0.3, -0.25) is 9.48 Å². The van der Waals surface area contributed by atoms with Crippen molar-refractivity contribution >= 4 is 11.9 Å². The van der Waals surface area contributed by atoms with Gasteiger partial charge >= 0.3 is 5.97 Å². The van der Waals surface area contributed by atoms with Crippen molar-refractivity contribution in [3.8, 4) is 0 Å². The number of aliphatic carboxylic acids is 1. The summed E-state index contributed by atoms with van der Waals surface area (Å²) in [5, 5.41) is 16.5. The number of amides is 1. The first-order valence-electron chi connectivity index (χ1n) is 8.55. The molecule has 1 atom stereocenters. The summed E-state index contributed by atoms with van der Waals surface area (Å²) in [6.45, 7) is 4.02. The van der Waals surface area contributed by atoms with E-state index in [4.69, 9.17) is 0 Å². The van der Waals surface area contributed by atoms with Gasteiger partial charge in [0.05, 0.1) is 12.1 Å². The second-order valence-corrected chi connectivity index (χ2v) is 6.03. The molecular formula is C19H25N3O3. The van der Waals surface area contributed by atoms with Gasteiger partial charge in [0.25, 0.3) is 0 Å². The quantitative estimate of drug-likeness (QED) is 0.767. The SMILES string of the molecule is CCc1nn(C)c(CC)c1CC(=O)N[C@H](Cc1ccccc1)C(=O)O. The first-order valence-corrected chi connectivity index (χ1v) is 8.55. The number of aromatic nitrogens is 2. The fourth-order valence-electron chi connectivity index (χ4n) is 3.05. The van der Waals surface area contributed by atoms with Gasteiger partial charge in [0.1, 0.15) is 6.04 Å². The molecule has 2 N–H and O–H groups in total. The Bertz CT molecular complexity index is 738. The van der Waals surface area contributed by atoms with Crippen LogP contribution in [0, 0.1) is 0 Å². The van der Waals surface area contributed by atoms with Crippen molar-refractivity contribution in [2.24, 2.45) is 7.05 Å². The monoisotopic (exact) mass is 343 g/mol. The van der Waals surface area contributed by atoms with Crippen LogP contribution in [0.2, 0.25) is 0 Å². The summed E-state index contributed by atoms with van der Waals surface area (Å²) in [4.78, 5) is 24.0. The standard InChI is InChI=1S/C19H25N3O3/c1-4-15-14(17(5-2)22(3)21-15)12-18(23)20-16(19(24)25)11-13-9-7-6-8-10-13/h6-10,16H,4-5,11-12H2,1-3H3,(H,20,23)(H,24,25)/t16-/m1/s1. The number of nitrogens with zero attached hydrogens (tertiary/aromatic N) is 2. The van der Waals surface area contributed by atoms with Crippen molar-refractivity contribution in [2.45, 2.75) is 45.6 Å². The van der Waals surface area contributed by atoms with Crippen molar-refractivity contribution in [2.75, 3.05) is 0 Å². The van der Waals surface area contributed by atoms with Crippen LogP contribution in [0.25, 0.3) is 0 Å². The minimum atomic E-state index is -1.03. The van der Waals surface area contributed by atoms with E-state index in [-0.39, 0.29) is 18.7 Å². The lowest BCUT2D eigenvalue weighted by molar-refractivity contribution is -0.141. The molecule has 0 aliphatic carbocycles. The third-order valence-corrected chi connectivity index (χ3v) is 4.28. The number of carboxylic acids is 1. The molecule has 1 aromatic carbocycles. The number of carbonyl (C=O) groups excluding carboxylic acids is 1. The van der Waals surface area contributed by atoms with Crippen molar-refractivity contribution in [3.63, 3.8) is 0 Å². The molecule has 0 aliphatic heterocycles. The molecule has 6 heteroatoms. The van der Waals surface area contributed by atoms with Crippen molar-refractivity contribution < 1.29 is 14.7 Å². The Morgan fingerprint density at radius 3 is 2.44 bits per heavy atom. The Balaban J connectivity index is 2.11. The number of hydrogen-bond donors (Lipinski definition) is 2. The van der Waals surface area contributed by atoms with Gasteiger partial charge in [0.2, 0.25) is 5.91 Å². The molecule has 0 fully saturated rings. The Kier molecular flexibility index (Phi) is 6.33. The Morgan fingerprint density at radius 1 is 1.20 bits per heavy atom. The maximum absolute atomic E-state index is 12.5. The van der Waals surface area contributed by atoms with Crippen LogP contribution in [0.4, 0.5) is 0 Å². The number of nitrogens with one attached hydrogen (secondary N) is 1. The molecule has 0 saturated carbocycles. The molecule has 0 radical (unpaired) electrons. The van der Waals surface area contributed by atoms with Gasteiger partial charge in [-0.2, -0.15) is 5.10 Å². The van der Waals surface area contributed by atoms with E-state index < -0.39 is 12.0 Å². The fourth-order valence-corrected chi connectivity index (χ4v) is 3.05. The van der Waals surface area contributed by atoms with E-state index in [9.17, 15) is 14.7 Å². The average Bonchev–Trinajstić information content (AvgIpc) is 2.89. The van der Waals surface area contributed by atoms with E-state index in [1.807, 2.05) is 51.2 Å². The average molecular weight is 343 g/mol. The van der Waals surface area contributed by atoms with Crippen LogP contribution in [-0.4, -0.2) is 32.8 Å². The lowest BCUT2D eigenvalue weighted by Crippen LogP contribution is -2.43. The lowest BCUT2D eigenvalue weighted by Gasteiger charge is -2.15. The molecule has 1 heterocycles. The van der Waals surface area contributed by atoms with Crippen molar-refractivity contribution in [1.29, 1.82) is 0 Å². The maximum Gasteiger partial charge on any atom is 0.326 e. The van der Waals surface area contributed by atoms with Crippen LogP contribution in [-0.2, 0) is 42.3 Å². The Hall–Kier alpha value is -2.63. The molecule has 0 bridgehead atoms. The van der Waals surface area contributed by atoms with E-state index in [2.05, 4.69) is 10.4 Å². The molecule has 2 rings (SSSR count). The highest BCUT2D eigenvalue weighted by atomic mass is 16.4. The number of benzene rings is 1. The van der Waals surface area contributed by atoms with Crippen LogP contribution >= 0.6 is 0 Å². The molecular weight excluding hydrogens is 318 g/mol. The molecule has 0 spiro atoms. The van der Waals surface area contributed by atoms with Crippen LogP contribution < -0.4 is 5.32 Å². The fraction of sp³-hybridized carbons (Fsp3) is 0.421. The number of aryl methyl sites for hydroxylation is 2. The molecule has 134 valence electrons. The van der Waals surface area contributed by atoms with Gasteiger partial charge in [0.15, 0.2) is 0 Å². The minimum Gasteiger partial charge on any atom is -0.480 e. The third-order valence-electron chi connectivity index (χ3n) is 4.28. The first kappa shape index (κ1) is 18.7. The minimum absolute atomic E-state index is 0.152. The van der Waals surface area contributed by atoms with E-state index >= 15 is 0 Å². The maximum atomic E-state index is 12.5. The lowest BCUT2D eigenvalue weighted by atomic mass is 10.0. The molecule has 0 aliphatic rings. The van der Waals surface area contributed by atoms with E-state index in [1.165, 1.54) is 0 Å². The zero-order valence-electron chi connectivity index (χ0n) is 15.0. The van der Waals surface area contributed by atoms with Gasteiger partial charge in [-0.1, -0.05) is 44.2 Å². The molecule has 25 heavy (non-hydrogen) atoms. The van der Waals surface area contributed by atoms with Crippen LogP contribution in [0.3, 0.4) is 0 Å². The highest BCUT2D eigenvalue weighted by Crippen LogP contribution is 2.16. The summed E-state index contributed by atoms with van der Waals surface area (Å²) < 4.78 is 1.81. The highest BCUT2D eigenvalue weighted by molar-refractivity contribution is 5.85. The summed E-state index contributed by atoms with van der Waals surface area (Å²) in [7, 11) is 1.87. The summed E-state index contributed by atoms with van der Waals surface area (Å²) in [5.74, 6) is -1.32. The second kappa shape index (κ2) is 8.46. The van der Waals surface area contributed by atoms with E-state index in [0.29, 0.717) is 0 Å². The Labute approximate surface area is 147 Å². The second-order valence-electron chi connectivity index (χ2n) is 6.03. The van der Waals surface area contributed by atoms with E-state index in [1.54, 1.807) is 4.68 Å². The molecule has 0 unspecified atom stereocenters. The molecule has 1 amide bonds. The van der Waals surface area contributed by atoms with Crippen LogP contribution in [0.5, 0.6) is 0 Å². The van der Waals surface area contributed by atoms with Gasteiger partial charge in [-0.05, 0) is 18.4 Å². The molecule has 1 aromatic heterocycles. The first-order chi connectivity index (χ1) is 12.0. The molecule has 2 aromatic rings. The predicted molar refractivity (Wildman–Crippen MR) is 95.4 cm³/mol. The molecule has 6 nitrogen and oxygen atoms in total. The van der Waals surface area contributed by atoms with Gasteiger partial charge in [-0.25, -0.2) is 4.79 Å². The third kappa shape index (κ3) is 4.68. The zero-order valence-corrected chi connectivity index (χ0v) is 15.0. The molecule has 0 saturated heterocycles. The summed E-state index contributed by atoms with van der Waals surface area (Å²) in [6, 6.07) is 8.35. The number of carbonyl (C=O) groups is 2. The van der Waals surface area contributed by atoms with Gasteiger partial charge in [-0.15, -0.1) is 0 Å². The summed E-state index contributed by atoms with van der Waals surface area (Å²) in [6.07, 6.45) is 1.93. The van der Waals surface area contributed by atoms with Crippen LogP contribution in [0.1, 0.15) is 36.4 Å². The topological polar surface area (TPSA) is 84.2 Å². The predicted octanol–water partition coefficient (Wildman–Crippen LogP) is 1.90. The van der Waals surface area contributed by atoms with E-state index in [0.717, 1.165) is 35.4 Å². The normalized spacial score (nSPS) is 12.0. The van der Waals surface area contributed by atoms with Gasteiger partial charge < -0.3 is 10.4 Å². The zero-order chi connectivity index (χ0) is 18.4. The highest BCUT2D eigenvalue weighted by Gasteiger charge is 2.23. The summed E-state index contributed by atoms with van der Waals surface area (Å²) in [5.41, 5.74) is 3.69.